The highest BCUT2D eigenvalue weighted by atomic mass is 35.5. The van der Waals surface area contributed by atoms with Crippen LogP contribution in [0.2, 0.25) is 5.02 Å². The van der Waals surface area contributed by atoms with Gasteiger partial charge in [-0.25, -0.2) is 4.79 Å². The molecule has 4 nitrogen and oxygen atoms in total. The van der Waals surface area contributed by atoms with Crippen LogP contribution in [0.15, 0.2) is 42.5 Å². The number of benzene rings is 3. The van der Waals surface area contributed by atoms with Gasteiger partial charge in [0.05, 0.1) is 16.3 Å². The summed E-state index contributed by atoms with van der Waals surface area (Å²) in [5.41, 5.74) is 5.41. The van der Waals surface area contributed by atoms with Crippen molar-refractivity contribution in [3.8, 4) is 0 Å². The number of aryl methyl sites for hydroxylation is 4. The Labute approximate surface area is 168 Å². The smallest absolute Gasteiger partial charge is 0.339 e. The van der Waals surface area contributed by atoms with Crippen LogP contribution in [-0.4, -0.2) is 18.5 Å². The van der Waals surface area contributed by atoms with Crippen LogP contribution in [0, 0.1) is 13.8 Å². The molecule has 1 N–H and O–H groups in total. The minimum absolute atomic E-state index is 0.370. The Bertz CT molecular complexity index is 1090. The van der Waals surface area contributed by atoms with Crippen molar-refractivity contribution in [3.05, 3.63) is 75.3 Å². The molecule has 4 rings (SSSR count). The summed E-state index contributed by atoms with van der Waals surface area (Å²) in [6.45, 7) is 3.43. The summed E-state index contributed by atoms with van der Waals surface area (Å²) in [7, 11) is 0. The number of hydrogen-bond donors (Lipinski definition) is 1. The Hall–Kier alpha value is -2.85. The van der Waals surface area contributed by atoms with Gasteiger partial charge >= 0.3 is 5.97 Å². The minimum Gasteiger partial charge on any atom is -0.452 e. The first-order valence-electron chi connectivity index (χ1n) is 9.21. The van der Waals surface area contributed by atoms with Crippen molar-refractivity contribution in [2.45, 2.75) is 26.7 Å². The first-order valence-corrected chi connectivity index (χ1v) is 9.59. The van der Waals surface area contributed by atoms with Gasteiger partial charge in [-0.15, -0.1) is 0 Å². The lowest BCUT2D eigenvalue weighted by molar-refractivity contribution is -0.119. The third kappa shape index (κ3) is 3.36. The molecule has 3 aromatic rings. The number of nitrogens with one attached hydrogen (secondary N) is 1. The molecule has 0 saturated heterocycles. The van der Waals surface area contributed by atoms with Crippen LogP contribution in [0.25, 0.3) is 10.8 Å². The maximum Gasteiger partial charge on any atom is 0.339 e. The van der Waals surface area contributed by atoms with E-state index in [9.17, 15) is 9.59 Å². The van der Waals surface area contributed by atoms with Gasteiger partial charge in [-0.3, -0.25) is 4.79 Å². The second-order valence-electron chi connectivity index (χ2n) is 7.17. The molecule has 5 heteroatoms. The molecule has 0 fully saturated rings. The van der Waals surface area contributed by atoms with Gasteiger partial charge in [0.25, 0.3) is 5.91 Å². The van der Waals surface area contributed by atoms with E-state index in [2.05, 4.69) is 11.4 Å². The fraction of sp³-hybridized carbons (Fsp3) is 0.217. The summed E-state index contributed by atoms with van der Waals surface area (Å²) >= 11 is 6.22. The van der Waals surface area contributed by atoms with E-state index in [1.165, 1.54) is 11.1 Å². The first-order chi connectivity index (χ1) is 13.4. The molecule has 1 aliphatic carbocycles. The summed E-state index contributed by atoms with van der Waals surface area (Å²) < 4.78 is 5.28. The average Bonchev–Trinajstić information content (AvgIpc) is 3.08. The predicted octanol–water partition coefficient (Wildman–Crippen LogP) is 5.00. The maximum atomic E-state index is 12.6. The molecule has 0 bridgehead atoms. The van der Waals surface area contributed by atoms with Gasteiger partial charge in [-0.05, 0) is 71.8 Å². The highest BCUT2D eigenvalue weighted by molar-refractivity contribution is 6.34. The first kappa shape index (κ1) is 18.5. The van der Waals surface area contributed by atoms with Gasteiger partial charge in [0.2, 0.25) is 0 Å². The van der Waals surface area contributed by atoms with E-state index >= 15 is 0 Å². The normalized spacial score (nSPS) is 12.2. The van der Waals surface area contributed by atoms with E-state index in [-0.39, 0.29) is 6.61 Å². The summed E-state index contributed by atoms with van der Waals surface area (Å²) in [5.74, 6) is -0.925. The molecule has 0 unspecified atom stereocenters. The van der Waals surface area contributed by atoms with Crippen molar-refractivity contribution < 1.29 is 14.3 Å². The zero-order valence-corrected chi connectivity index (χ0v) is 16.5. The second-order valence-corrected chi connectivity index (χ2v) is 7.58. The highest BCUT2D eigenvalue weighted by Gasteiger charge is 2.20. The number of ether oxygens (including phenoxy) is 1. The molecule has 3 aromatic carbocycles. The molecule has 0 radical (unpaired) electrons. The van der Waals surface area contributed by atoms with Crippen molar-refractivity contribution in [2.24, 2.45) is 0 Å². The molecule has 142 valence electrons. The average molecular weight is 394 g/mol. The number of hydrogen-bond acceptors (Lipinski definition) is 3. The van der Waals surface area contributed by atoms with Gasteiger partial charge in [0.15, 0.2) is 6.61 Å². The van der Waals surface area contributed by atoms with Crippen LogP contribution >= 0.6 is 11.6 Å². The molecule has 0 aromatic heterocycles. The Morgan fingerprint density at radius 3 is 2.57 bits per heavy atom. The third-order valence-electron chi connectivity index (χ3n) is 5.13. The van der Waals surface area contributed by atoms with Gasteiger partial charge in [-0.1, -0.05) is 41.9 Å². The Morgan fingerprint density at radius 1 is 1.07 bits per heavy atom. The summed E-state index contributed by atoms with van der Waals surface area (Å²) in [6.07, 6.45) is 1.98. The largest absolute Gasteiger partial charge is 0.452 e. The monoisotopic (exact) mass is 393 g/mol. The summed E-state index contributed by atoms with van der Waals surface area (Å²) in [5, 5.41) is 5.22. The number of amides is 1. The lowest BCUT2D eigenvalue weighted by atomic mass is 10.00. The summed E-state index contributed by atoms with van der Waals surface area (Å²) in [4.78, 5) is 24.9. The van der Waals surface area contributed by atoms with Crippen LogP contribution in [0.3, 0.4) is 0 Å². The molecule has 1 amide bonds. The van der Waals surface area contributed by atoms with Crippen LogP contribution in [-0.2, 0) is 22.4 Å². The van der Waals surface area contributed by atoms with E-state index in [1.54, 1.807) is 12.1 Å². The molecule has 1 aliphatic rings. The van der Waals surface area contributed by atoms with Crippen molar-refractivity contribution in [3.63, 3.8) is 0 Å². The number of carbonyl (C=O) groups is 2. The van der Waals surface area contributed by atoms with Crippen LogP contribution in [0.5, 0.6) is 0 Å². The maximum absolute atomic E-state index is 12.6. The van der Waals surface area contributed by atoms with Gasteiger partial charge in [0, 0.05) is 0 Å². The van der Waals surface area contributed by atoms with E-state index in [1.807, 2.05) is 38.1 Å². The number of carbonyl (C=O) groups excluding carboxylic acids is 2. The lowest BCUT2D eigenvalue weighted by Gasteiger charge is -2.12. The molecular weight excluding hydrogens is 374 g/mol. The Morgan fingerprint density at radius 2 is 1.82 bits per heavy atom. The quantitative estimate of drug-likeness (QED) is 0.634. The second kappa shape index (κ2) is 7.28. The van der Waals surface area contributed by atoms with Gasteiger partial charge in [-0.2, -0.15) is 0 Å². The number of esters is 1. The van der Waals surface area contributed by atoms with E-state index in [0.717, 1.165) is 34.7 Å². The van der Waals surface area contributed by atoms with Crippen molar-refractivity contribution in [1.82, 2.24) is 0 Å². The molecule has 0 spiro atoms. The minimum atomic E-state index is -0.502. The fourth-order valence-corrected chi connectivity index (χ4v) is 4.25. The molecule has 0 heterocycles. The number of rotatable bonds is 4. The summed E-state index contributed by atoms with van der Waals surface area (Å²) in [6, 6.07) is 13.5. The van der Waals surface area contributed by atoms with Crippen LogP contribution in [0.1, 0.15) is 32.6 Å². The number of halogens is 1. The van der Waals surface area contributed by atoms with Crippen molar-refractivity contribution in [2.75, 3.05) is 11.9 Å². The van der Waals surface area contributed by atoms with Gasteiger partial charge < -0.3 is 10.1 Å². The molecule has 0 atom stereocenters. The van der Waals surface area contributed by atoms with E-state index < -0.39 is 11.9 Å². The zero-order chi connectivity index (χ0) is 19.8. The lowest BCUT2D eigenvalue weighted by Crippen LogP contribution is -2.21. The van der Waals surface area contributed by atoms with E-state index in [4.69, 9.17) is 16.3 Å². The van der Waals surface area contributed by atoms with Gasteiger partial charge in [0.1, 0.15) is 0 Å². The SMILES string of the molecule is Cc1cc(C)c(NC(=O)COC(=O)c2ccc3c4c(cccc24)CC3)c(Cl)c1. The third-order valence-corrected chi connectivity index (χ3v) is 5.43. The van der Waals surface area contributed by atoms with Crippen molar-refractivity contribution in [1.29, 1.82) is 0 Å². The fourth-order valence-electron chi connectivity index (χ4n) is 3.88. The zero-order valence-electron chi connectivity index (χ0n) is 15.8. The molecule has 28 heavy (non-hydrogen) atoms. The molecule has 0 saturated carbocycles. The van der Waals surface area contributed by atoms with Crippen LogP contribution in [0.4, 0.5) is 5.69 Å². The standard InChI is InChI=1S/C23H20ClNO3/c1-13-10-14(2)22(19(24)11-13)25-20(26)12-28-23(27)18-9-8-16-7-6-15-4-3-5-17(18)21(15)16/h3-5,8-11H,6-7,12H2,1-2H3,(H,25,26). The topological polar surface area (TPSA) is 55.4 Å². The molecule has 0 aliphatic heterocycles. The molecular formula is C23H20ClNO3. The Kier molecular flexibility index (Phi) is 4.82. The Balaban J connectivity index is 1.49. The number of anilines is 1. The van der Waals surface area contributed by atoms with Crippen LogP contribution < -0.4 is 5.32 Å². The van der Waals surface area contributed by atoms with Crippen molar-refractivity contribution >= 4 is 39.9 Å². The highest BCUT2D eigenvalue weighted by Crippen LogP contribution is 2.33. The predicted molar refractivity (Wildman–Crippen MR) is 111 cm³/mol. The van der Waals surface area contributed by atoms with E-state index in [0.29, 0.717) is 16.3 Å².